The molecule has 0 saturated carbocycles. The van der Waals surface area contributed by atoms with Crippen molar-refractivity contribution in [3.8, 4) is 11.1 Å². The second-order valence-corrected chi connectivity index (χ2v) is 9.66. The first-order valence-corrected chi connectivity index (χ1v) is 12.2. The fourth-order valence-corrected chi connectivity index (χ4v) is 5.31. The first-order valence-electron chi connectivity index (χ1n) is 10.3. The first kappa shape index (κ1) is 22.9. The summed E-state index contributed by atoms with van der Waals surface area (Å²) in [5.74, 6) is -0.0901. The molecule has 2 heterocycles. The molecule has 0 aliphatic carbocycles. The van der Waals surface area contributed by atoms with Crippen LogP contribution in [0.1, 0.15) is 28.4 Å². The molecule has 0 saturated heterocycles. The van der Waals surface area contributed by atoms with E-state index in [2.05, 4.69) is 36.3 Å². The number of aromatic nitrogens is 2. The lowest BCUT2D eigenvalue weighted by Gasteiger charge is -2.09. The number of amides is 1. The number of thioether (sulfide) groups is 1. The van der Waals surface area contributed by atoms with E-state index in [0.29, 0.717) is 26.6 Å². The van der Waals surface area contributed by atoms with Gasteiger partial charge in [0.1, 0.15) is 4.83 Å². The molecule has 1 N–H and O–H groups in total. The number of fused-ring (bicyclic) bond motifs is 1. The molecule has 2 aromatic heterocycles. The van der Waals surface area contributed by atoms with Gasteiger partial charge in [0.05, 0.1) is 11.1 Å². The van der Waals surface area contributed by atoms with E-state index < -0.39 is 0 Å². The average molecular weight is 478 g/mol. The van der Waals surface area contributed by atoms with Crippen molar-refractivity contribution >= 4 is 50.7 Å². The van der Waals surface area contributed by atoms with Crippen LogP contribution in [0.3, 0.4) is 0 Å². The quantitative estimate of drug-likeness (QED) is 0.234. The third kappa shape index (κ3) is 4.77. The Bertz CT molecular complexity index is 1440. The number of hydrogen-bond acceptors (Lipinski definition) is 6. The minimum atomic E-state index is -0.165. The van der Waals surface area contributed by atoms with E-state index in [4.69, 9.17) is 0 Å². The lowest BCUT2D eigenvalue weighted by molar-refractivity contribution is -0.114. The van der Waals surface area contributed by atoms with Gasteiger partial charge in [-0.3, -0.25) is 19.0 Å². The zero-order chi connectivity index (χ0) is 23.7. The average Bonchev–Trinajstić information content (AvgIpc) is 3.21. The molecule has 1 amide bonds. The maximum atomic E-state index is 13.2. The predicted octanol–water partition coefficient (Wildman–Crippen LogP) is 5.21. The Balaban J connectivity index is 1.57. The standard InChI is InChI=1S/C25H23N3O3S2/c1-14-5-6-18(11-15(14)2)20-12-32-23-22(20)24(31)28(4)25(27-23)33-13-21(30)17-7-9-19(10-8-17)26-16(3)29/h5-12H,13H2,1-4H3,(H,26,29). The number of carbonyl (C=O) groups excluding carboxylic acids is 2. The Labute approximate surface area is 199 Å². The van der Waals surface area contributed by atoms with Gasteiger partial charge in [0.2, 0.25) is 5.91 Å². The molecule has 0 aliphatic heterocycles. The second kappa shape index (κ2) is 9.33. The topological polar surface area (TPSA) is 81.1 Å². The molecule has 0 spiro atoms. The zero-order valence-electron chi connectivity index (χ0n) is 18.8. The maximum absolute atomic E-state index is 13.2. The fraction of sp³-hybridized carbons (Fsp3) is 0.200. The number of benzene rings is 2. The van der Waals surface area contributed by atoms with Gasteiger partial charge in [-0.2, -0.15) is 0 Å². The van der Waals surface area contributed by atoms with Gasteiger partial charge in [-0.05, 0) is 54.8 Å². The summed E-state index contributed by atoms with van der Waals surface area (Å²) in [7, 11) is 1.69. The van der Waals surface area contributed by atoms with Crippen molar-refractivity contribution in [3.63, 3.8) is 0 Å². The molecular formula is C25H23N3O3S2. The molecule has 168 valence electrons. The molecule has 6 nitrogen and oxygen atoms in total. The minimum Gasteiger partial charge on any atom is -0.326 e. The van der Waals surface area contributed by atoms with Crippen LogP contribution in [-0.2, 0) is 11.8 Å². The van der Waals surface area contributed by atoms with E-state index in [-0.39, 0.29) is 23.0 Å². The molecule has 2 aromatic carbocycles. The summed E-state index contributed by atoms with van der Waals surface area (Å²) >= 11 is 2.68. The lowest BCUT2D eigenvalue weighted by Crippen LogP contribution is -2.20. The Hall–Kier alpha value is -3.23. The van der Waals surface area contributed by atoms with Crippen LogP contribution in [0.4, 0.5) is 5.69 Å². The van der Waals surface area contributed by atoms with E-state index in [1.165, 1.54) is 45.7 Å². The molecule has 0 bridgehead atoms. The summed E-state index contributed by atoms with van der Waals surface area (Å²) in [6.45, 7) is 5.55. The van der Waals surface area contributed by atoms with Gasteiger partial charge in [-0.15, -0.1) is 11.3 Å². The first-order chi connectivity index (χ1) is 15.7. The molecule has 4 rings (SSSR count). The van der Waals surface area contributed by atoms with Crippen LogP contribution < -0.4 is 10.9 Å². The van der Waals surface area contributed by atoms with Crippen molar-refractivity contribution in [2.45, 2.75) is 25.9 Å². The normalized spacial score (nSPS) is 11.0. The van der Waals surface area contributed by atoms with Crippen LogP contribution in [0, 0.1) is 13.8 Å². The van der Waals surface area contributed by atoms with Crippen LogP contribution in [0.25, 0.3) is 21.3 Å². The summed E-state index contributed by atoms with van der Waals surface area (Å²) in [6.07, 6.45) is 0. The molecule has 8 heteroatoms. The predicted molar refractivity (Wildman–Crippen MR) is 136 cm³/mol. The van der Waals surface area contributed by atoms with Gasteiger partial charge in [0.25, 0.3) is 5.56 Å². The van der Waals surface area contributed by atoms with E-state index in [9.17, 15) is 14.4 Å². The van der Waals surface area contributed by atoms with Crippen molar-refractivity contribution < 1.29 is 9.59 Å². The number of ketones is 1. The highest BCUT2D eigenvalue weighted by Crippen LogP contribution is 2.33. The van der Waals surface area contributed by atoms with Crippen molar-refractivity contribution in [2.24, 2.45) is 7.05 Å². The third-order valence-electron chi connectivity index (χ3n) is 5.45. The van der Waals surface area contributed by atoms with Gasteiger partial charge < -0.3 is 5.32 Å². The Morgan fingerprint density at radius 3 is 2.48 bits per heavy atom. The molecule has 33 heavy (non-hydrogen) atoms. The summed E-state index contributed by atoms with van der Waals surface area (Å²) in [4.78, 5) is 42.3. The SMILES string of the molecule is CC(=O)Nc1ccc(C(=O)CSc2nc3scc(-c4ccc(C)c(C)c4)c3c(=O)n2C)cc1. The van der Waals surface area contributed by atoms with Gasteiger partial charge in [0, 0.05) is 36.2 Å². The Morgan fingerprint density at radius 1 is 1.09 bits per heavy atom. The van der Waals surface area contributed by atoms with E-state index in [1.54, 1.807) is 31.3 Å². The monoisotopic (exact) mass is 477 g/mol. The van der Waals surface area contributed by atoms with Gasteiger partial charge in [-0.25, -0.2) is 4.98 Å². The Kier molecular flexibility index (Phi) is 6.49. The third-order valence-corrected chi connectivity index (χ3v) is 7.35. The van der Waals surface area contributed by atoms with E-state index in [0.717, 1.165) is 11.1 Å². The number of hydrogen-bond donors (Lipinski definition) is 1. The van der Waals surface area contributed by atoms with Gasteiger partial charge >= 0.3 is 0 Å². The number of nitrogens with zero attached hydrogens (tertiary/aromatic N) is 2. The van der Waals surface area contributed by atoms with Crippen LogP contribution in [0.15, 0.2) is 57.8 Å². The van der Waals surface area contributed by atoms with Crippen LogP contribution in [0.2, 0.25) is 0 Å². The maximum Gasteiger partial charge on any atom is 0.263 e. The van der Waals surface area contributed by atoms with Gasteiger partial charge in [0.15, 0.2) is 10.9 Å². The van der Waals surface area contributed by atoms with Crippen molar-refractivity contribution in [3.05, 3.63) is 74.9 Å². The minimum absolute atomic E-state index is 0.0780. The van der Waals surface area contributed by atoms with Gasteiger partial charge in [-0.1, -0.05) is 30.0 Å². The largest absolute Gasteiger partial charge is 0.326 e. The number of aryl methyl sites for hydroxylation is 2. The molecule has 4 aromatic rings. The van der Waals surface area contributed by atoms with Crippen molar-refractivity contribution in [2.75, 3.05) is 11.1 Å². The number of rotatable bonds is 6. The van der Waals surface area contributed by atoms with Crippen LogP contribution >= 0.6 is 23.1 Å². The summed E-state index contributed by atoms with van der Waals surface area (Å²) in [5, 5.41) is 5.76. The number of nitrogens with one attached hydrogen (secondary N) is 1. The number of carbonyl (C=O) groups is 2. The van der Waals surface area contributed by atoms with Crippen molar-refractivity contribution in [1.82, 2.24) is 9.55 Å². The number of Topliss-reactive ketones (excluding diaryl/α,β-unsaturated/α-hetero) is 1. The van der Waals surface area contributed by atoms with E-state index >= 15 is 0 Å². The zero-order valence-corrected chi connectivity index (χ0v) is 20.4. The Morgan fingerprint density at radius 2 is 1.82 bits per heavy atom. The fourth-order valence-electron chi connectivity index (χ4n) is 3.46. The highest BCUT2D eigenvalue weighted by Gasteiger charge is 2.17. The van der Waals surface area contributed by atoms with Crippen LogP contribution in [-0.4, -0.2) is 27.0 Å². The molecule has 0 radical (unpaired) electrons. The molecule has 0 fully saturated rings. The molecule has 0 aliphatic rings. The molecule has 0 unspecified atom stereocenters. The second-order valence-electron chi connectivity index (χ2n) is 7.86. The molecule has 0 atom stereocenters. The number of anilines is 1. The summed E-state index contributed by atoms with van der Waals surface area (Å²) in [6, 6.07) is 12.9. The number of thiophene rings is 1. The summed E-state index contributed by atoms with van der Waals surface area (Å²) < 4.78 is 1.51. The smallest absolute Gasteiger partial charge is 0.263 e. The summed E-state index contributed by atoms with van der Waals surface area (Å²) in [5.41, 5.74) is 5.32. The van der Waals surface area contributed by atoms with Crippen LogP contribution in [0.5, 0.6) is 0 Å². The van der Waals surface area contributed by atoms with E-state index in [1.807, 2.05) is 11.4 Å². The highest BCUT2D eigenvalue weighted by molar-refractivity contribution is 7.99. The van der Waals surface area contributed by atoms with Crippen molar-refractivity contribution in [1.29, 1.82) is 0 Å². The molecular weight excluding hydrogens is 454 g/mol. The highest BCUT2D eigenvalue weighted by atomic mass is 32.2. The lowest BCUT2D eigenvalue weighted by atomic mass is 10.0.